The van der Waals surface area contributed by atoms with Gasteiger partial charge in [-0.3, -0.25) is 9.88 Å². The molecule has 2 fully saturated rings. The molecule has 0 saturated carbocycles. The molecule has 0 spiro atoms. The minimum atomic E-state index is -0.442. The average molecular weight is 333 g/mol. The van der Waals surface area contributed by atoms with Crippen LogP contribution in [0.25, 0.3) is 0 Å². The normalized spacial score (nSPS) is 25.7. The maximum Gasteiger partial charge on any atom is 0.410 e. The second-order valence-corrected chi connectivity index (χ2v) is 7.38. The third-order valence-electron chi connectivity index (χ3n) is 4.38. The lowest BCUT2D eigenvalue weighted by Crippen LogP contribution is -2.55. The molecule has 0 bridgehead atoms. The van der Waals surface area contributed by atoms with Crippen LogP contribution in [0.4, 0.5) is 4.79 Å². The number of hydrogen-bond acceptors (Lipinski definition) is 6. The highest BCUT2D eigenvalue weighted by atomic mass is 16.6. The van der Waals surface area contributed by atoms with Crippen molar-refractivity contribution in [2.24, 2.45) is 0 Å². The molecule has 1 amide bonds. The fraction of sp³-hybridized carbons (Fsp3) is 0.647. The molecule has 132 valence electrons. The molecule has 2 aliphatic heterocycles. The molecule has 7 heteroatoms. The van der Waals surface area contributed by atoms with E-state index in [1.807, 2.05) is 33.0 Å². The Bertz CT molecular complexity index is 552. The molecule has 2 atom stereocenters. The highest BCUT2D eigenvalue weighted by Crippen LogP contribution is 2.24. The van der Waals surface area contributed by atoms with Gasteiger partial charge in [0.1, 0.15) is 5.60 Å². The summed E-state index contributed by atoms with van der Waals surface area (Å²) in [6.45, 7) is 8.78. The zero-order valence-electron chi connectivity index (χ0n) is 14.7. The minimum absolute atomic E-state index is 0.215. The average Bonchev–Trinajstić information content (AvgIpc) is 3.04. The van der Waals surface area contributed by atoms with E-state index in [9.17, 15) is 4.79 Å². The highest BCUT2D eigenvalue weighted by Gasteiger charge is 2.33. The van der Waals surface area contributed by atoms with Crippen molar-refractivity contribution in [1.82, 2.24) is 25.6 Å². The molecular formula is C17H27N5O2. The van der Waals surface area contributed by atoms with Crippen molar-refractivity contribution >= 4 is 6.09 Å². The van der Waals surface area contributed by atoms with Crippen LogP contribution in [-0.2, 0) is 4.74 Å². The fourth-order valence-electron chi connectivity index (χ4n) is 3.12. The molecule has 2 aliphatic rings. The Kier molecular flexibility index (Phi) is 5.03. The number of nitrogens with zero attached hydrogens (tertiary/aromatic N) is 3. The minimum Gasteiger partial charge on any atom is -0.444 e. The van der Waals surface area contributed by atoms with E-state index in [-0.39, 0.29) is 18.3 Å². The summed E-state index contributed by atoms with van der Waals surface area (Å²) in [5, 5.41) is 0. The van der Waals surface area contributed by atoms with Crippen molar-refractivity contribution in [1.29, 1.82) is 0 Å². The molecule has 3 heterocycles. The zero-order chi connectivity index (χ0) is 17.2. The van der Waals surface area contributed by atoms with Crippen molar-refractivity contribution in [3.8, 4) is 0 Å². The number of aromatic nitrogens is 1. The number of amides is 1. The molecule has 0 aliphatic carbocycles. The Hall–Kier alpha value is -1.70. The number of nitrogens with one attached hydrogen (secondary N) is 2. The van der Waals surface area contributed by atoms with E-state index in [4.69, 9.17) is 4.74 Å². The van der Waals surface area contributed by atoms with Crippen LogP contribution in [-0.4, -0.2) is 58.8 Å². The van der Waals surface area contributed by atoms with Gasteiger partial charge < -0.3 is 9.64 Å². The summed E-state index contributed by atoms with van der Waals surface area (Å²) in [6.07, 6.45) is 4.74. The number of hydrogen-bond donors (Lipinski definition) is 2. The first-order chi connectivity index (χ1) is 11.4. The van der Waals surface area contributed by atoms with E-state index in [0.717, 1.165) is 19.5 Å². The van der Waals surface area contributed by atoms with Gasteiger partial charge in [0.05, 0.1) is 12.2 Å². The van der Waals surface area contributed by atoms with Crippen LogP contribution in [0.3, 0.4) is 0 Å². The molecule has 0 aromatic carbocycles. The number of carbonyl (C=O) groups is 1. The van der Waals surface area contributed by atoms with Crippen LogP contribution in [0.15, 0.2) is 24.5 Å². The van der Waals surface area contributed by atoms with Gasteiger partial charge >= 0.3 is 6.09 Å². The summed E-state index contributed by atoms with van der Waals surface area (Å²) in [5.74, 6) is 0. The predicted octanol–water partition coefficient (Wildman–Crippen LogP) is 1.50. The van der Waals surface area contributed by atoms with Crippen molar-refractivity contribution in [2.75, 3.05) is 26.2 Å². The second-order valence-electron chi connectivity index (χ2n) is 7.38. The predicted molar refractivity (Wildman–Crippen MR) is 91.0 cm³/mol. The van der Waals surface area contributed by atoms with Gasteiger partial charge in [0.15, 0.2) is 0 Å². The largest absolute Gasteiger partial charge is 0.444 e. The monoisotopic (exact) mass is 333 g/mol. The lowest BCUT2D eigenvalue weighted by atomic mass is 10.1. The van der Waals surface area contributed by atoms with E-state index in [1.54, 1.807) is 11.1 Å². The molecule has 1 aromatic rings. The SMILES string of the molecule is CC(C)(C)OC(=O)N1CCN(C2CC(c3cccnc3)NN2)CC1. The molecule has 1 aromatic heterocycles. The molecule has 3 rings (SSSR count). The van der Waals surface area contributed by atoms with Gasteiger partial charge in [-0.2, -0.15) is 0 Å². The van der Waals surface area contributed by atoms with Crippen LogP contribution in [0.2, 0.25) is 0 Å². The Morgan fingerprint density at radius 1 is 1.25 bits per heavy atom. The molecule has 7 nitrogen and oxygen atoms in total. The lowest BCUT2D eigenvalue weighted by molar-refractivity contribution is 0.00913. The van der Waals surface area contributed by atoms with Crippen molar-refractivity contribution in [3.05, 3.63) is 30.1 Å². The fourth-order valence-corrected chi connectivity index (χ4v) is 3.12. The number of ether oxygens (including phenoxy) is 1. The number of pyridine rings is 1. The summed E-state index contributed by atoms with van der Waals surface area (Å²) in [7, 11) is 0. The number of carbonyl (C=O) groups excluding carboxylic acids is 1. The quantitative estimate of drug-likeness (QED) is 0.855. The zero-order valence-corrected chi connectivity index (χ0v) is 14.7. The summed E-state index contributed by atoms with van der Waals surface area (Å²) >= 11 is 0. The molecule has 2 N–H and O–H groups in total. The maximum absolute atomic E-state index is 12.1. The van der Waals surface area contributed by atoms with Gasteiger partial charge in [-0.25, -0.2) is 15.6 Å². The lowest BCUT2D eigenvalue weighted by Gasteiger charge is -2.38. The van der Waals surface area contributed by atoms with Gasteiger partial charge in [-0.15, -0.1) is 0 Å². The number of piperazine rings is 1. The Morgan fingerprint density at radius 3 is 2.62 bits per heavy atom. The molecule has 2 saturated heterocycles. The first-order valence-corrected chi connectivity index (χ1v) is 8.55. The van der Waals surface area contributed by atoms with Crippen molar-refractivity contribution < 1.29 is 9.53 Å². The van der Waals surface area contributed by atoms with Crippen molar-refractivity contribution in [3.63, 3.8) is 0 Å². The topological polar surface area (TPSA) is 69.7 Å². The van der Waals surface area contributed by atoms with Crippen LogP contribution >= 0.6 is 0 Å². The van der Waals surface area contributed by atoms with E-state index >= 15 is 0 Å². The van der Waals surface area contributed by atoms with Gasteiger partial charge in [0.25, 0.3) is 0 Å². The van der Waals surface area contributed by atoms with E-state index in [0.29, 0.717) is 13.1 Å². The van der Waals surface area contributed by atoms with Crippen molar-refractivity contribution in [2.45, 2.75) is 45.0 Å². The summed E-state index contributed by atoms with van der Waals surface area (Å²) < 4.78 is 5.45. The van der Waals surface area contributed by atoms with E-state index in [2.05, 4.69) is 26.8 Å². The van der Waals surface area contributed by atoms with Gasteiger partial charge in [-0.05, 0) is 38.8 Å². The first-order valence-electron chi connectivity index (χ1n) is 8.55. The third-order valence-corrected chi connectivity index (χ3v) is 4.38. The molecule has 24 heavy (non-hydrogen) atoms. The Balaban J connectivity index is 1.48. The molecular weight excluding hydrogens is 306 g/mol. The molecule has 2 unspecified atom stereocenters. The number of hydrazine groups is 1. The first kappa shape index (κ1) is 17.1. The Labute approximate surface area is 143 Å². The Morgan fingerprint density at radius 2 is 2.00 bits per heavy atom. The maximum atomic E-state index is 12.1. The smallest absolute Gasteiger partial charge is 0.410 e. The number of rotatable bonds is 2. The van der Waals surface area contributed by atoms with Gasteiger partial charge in [0.2, 0.25) is 0 Å². The summed E-state index contributed by atoms with van der Waals surface area (Å²) in [5.41, 5.74) is 7.47. The molecule has 0 radical (unpaired) electrons. The van der Waals surface area contributed by atoms with Crippen LogP contribution < -0.4 is 10.9 Å². The van der Waals surface area contributed by atoms with Gasteiger partial charge in [-0.1, -0.05) is 6.07 Å². The van der Waals surface area contributed by atoms with Crippen LogP contribution in [0, 0.1) is 0 Å². The summed E-state index contributed by atoms with van der Waals surface area (Å²) in [4.78, 5) is 20.5. The highest BCUT2D eigenvalue weighted by molar-refractivity contribution is 5.68. The van der Waals surface area contributed by atoms with Crippen LogP contribution in [0.1, 0.15) is 38.8 Å². The summed E-state index contributed by atoms with van der Waals surface area (Å²) in [6, 6.07) is 4.33. The van der Waals surface area contributed by atoms with E-state index < -0.39 is 5.60 Å². The van der Waals surface area contributed by atoms with Gasteiger partial charge in [0, 0.05) is 38.6 Å². The second kappa shape index (κ2) is 7.04. The van der Waals surface area contributed by atoms with E-state index in [1.165, 1.54) is 5.56 Å². The third kappa shape index (κ3) is 4.23. The van der Waals surface area contributed by atoms with Crippen LogP contribution in [0.5, 0.6) is 0 Å². The standard InChI is InChI=1S/C17H27N5O2/c1-17(2,3)24-16(23)22-9-7-21(8-10-22)15-11-14(19-20-15)13-5-4-6-18-12-13/h4-6,12,14-15,19-20H,7-11H2,1-3H3.